The average molecular weight is 271 g/mol. The standard InChI is InChI=1S/C16H21N3O/c1-11(2)10-20-14-7-5-13(6-8-14)19-16-15(17)9-4-12(3)18-16/h4-9,11H,10,17H2,1-3H3,(H,18,19). The molecule has 0 saturated heterocycles. The minimum atomic E-state index is 0.518. The van der Waals surface area contributed by atoms with Crippen molar-refractivity contribution in [2.24, 2.45) is 5.92 Å². The molecule has 0 aliphatic rings. The first-order valence-corrected chi connectivity index (χ1v) is 6.77. The van der Waals surface area contributed by atoms with Crippen LogP contribution in [0.5, 0.6) is 5.75 Å². The van der Waals surface area contributed by atoms with Crippen LogP contribution in [0.3, 0.4) is 0 Å². The number of aromatic nitrogens is 1. The fourth-order valence-electron chi connectivity index (χ4n) is 1.70. The Labute approximate surface area is 120 Å². The highest BCUT2D eigenvalue weighted by atomic mass is 16.5. The topological polar surface area (TPSA) is 60.2 Å². The minimum Gasteiger partial charge on any atom is -0.493 e. The molecule has 1 heterocycles. The largest absolute Gasteiger partial charge is 0.493 e. The van der Waals surface area contributed by atoms with Gasteiger partial charge in [-0.15, -0.1) is 0 Å². The van der Waals surface area contributed by atoms with E-state index in [1.54, 1.807) is 0 Å². The third kappa shape index (κ3) is 3.88. The lowest BCUT2D eigenvalue weighted by Crippen LogP contribution is -2.04. The summed E-state index contributed by atoms with van der Waals surface area (Å²) in [4.78, 5) is 4.38. The zero-order valence-electron chi connectivity index (χ0n) is 12.2. The van der Waals surface area contributed by atoms with E-state index in [-0.39, 0.29) is 0 Å². The molecule has 0 fully saturated rings. The van der Waals surface area contributed by atoms with Crippen molar-refractivity contribution in [2.45, 2.75) is 20.8 Å². The third-order valence-electron chi connectivity index (χ3n) is 2.77. The number of nitrogens with one attached hydrogen (secondary N) is 1. The number of hydrogen-bond acceptors (Lipinski definition) is 4. The normalized spacial score (nSPS) is 10.6. The van der Waals surface area contributed by atoms with Gasteiger partial charge in [0.2, 0.25) is 0 Å². The van der Waals surface area contributed by atoms with E-state index >= 15 is 0 Å². The maximum absolute atomic E-state index is 5.90. The lowest BCUT2D eigenvalue weighted by Gasteiger charge is -2.11. The fourth-order valence-corrected chi connectivity index (χ4v) is 1.70. The zero-order chi connectivity index (χ0) is 14.5. The summed E-state index contributed by atoms with van der Waals surface area (Å²) in [7, 11) is 0. The molecule has 4 nitrogen and oxygen atoms in total. The first-order valence-electron chi connectivity index (χ1n) is 6.77. The number of aryl methyl sites for hydroxylation is 1. The Morgan fingerprint density at radius 2 is 1.85 bits per heavy atom. The Hall–Kier alpha value is -2.23. The van der Waals surface area contributed by atoms with Crippen LogP contribution in [0, 0.1) is 12.8 Å². The quantitative estimate of drug-likeness (QED) is 0.869. The summed E-state index contributed by atoms with van der Waals surface area (Å²) in [6.07, 6.45) is 0. The second-order valence-electron chi connectivity index (χ2n) is 5.24. The lowest BCUT2D eigenvalue weighted by atomic mass is 10.2. The van der Waals surface area contributed by atoms with E-state index in [9.17, 15) is 0 Å². The van der Waals surface area contributed by atoms with Gasteiger partial charge in [-0.25, -0.2) is 4.98 Å². The summed E-state index contributed by atoms with van der Waals surface area (Å²) in [5.74, 6) is 2.07. The van der Waals surface area contributed by atoms with Crippen LogP contribution in [0.2, 0.25) is 0 Å². The maximum Gasteiger partial charge on any atom is 0.153 e. The van der Waals surface area contributed by atoms with Crippen LogP contribution in [-0.4, -0.2) is 11.6 Å². The number of benzene rings is 1. The molecular weight excluding hydrogens is 250 g/mol. The minimum absolute atomic E-state index is 0.518. The van der Waals surface area contributed by atoms with Crippen molar-refractivity contribution in [3.8, 4) is 5.75 Å². The number of rotatable bonds is 5. The highest BCUT2D eigenvalue weighted by Gasteiger charge is 2.03. The van der Waals surface area contributed by atoms with Crippen LogP contribution in [-0.2, 0) is 0 Å². The second kappa shape index (κ2) is 6.28. The van der Waals surface area contributed by atoms with Gasteiger partial charge in [-0.05, 0) is 49.2 Å². The predicted molar refractivity (Wildman–Crippen MR) is 83.4 cm³/mol. The smallest absolute Gasteiger partial charge is 0.153 e. The first kappa shape index (κ1) is 14.2. The zero-order valence-corrected chi connectivity index (χ0v) is 12.2. The van der Waals surface area contributed by atoms with Crippen LogP contribution < -0.4 is 15.8 Å². The lowest BCUT2D eigenvalue weighted by molar-refractivity contribution is 0.271. The van der Waals surface area contributed by atoms with E-state index in [1.807, 2.05) is 43.3 Å². The molecule has 2 rings (SSSR count). The average Bonchev–Trinajstić information content (AvgIpc) is 2.42. The molecule has 0 aliphatic heterocycles. The van der Waals surface area contributed by atoms with Crippen LogP contribution in [0.15, 0.2) is 36.4 Å². The fraction of sp³-hybridized carbons (Fsp3) is 0.312. The number of hydrogen-bond donors (Lipinski definition) is 2. The van der Waals surface area contributed by atoms with Gasteiger partial charge in [0.1, 0.15) is 5.75 Å². The molecule has 0 unspecified atom stereocenters. The molecule has 106 valence electrons. The number of ether oxygens (including phenoxy) is 1. The number of nitrogens with zero attached hydrogens (tertiary/aromatic N) is 1. The van der Waals surface area contributed by atoms with Crippen LogP contribution >= 0.6 is 0 Å². The molecule has 0 saturated carbocycles. The van der Waals surface area contributed by atoms with Crippen molar-refractivity contribution in [3.63, 3.8) is 0 Å². The van der Waals surface area contributed by atoms with Gasteiger partial charge in [-0.2, -0.15) is 0 Å². The highest BCUT2D eigenvalue weighted by molar-refractivity contribution is 5.68. The maximum atomic E-state index is 5.90. The molecule has 2 aromatic rings. The SMILES string of the molecule is Cc1ccc(N)c(Nc2ccc(OCC(C)C)cc2)n1. The monoisotopic (exact) mass is 271 g/mol. The Kier molecular flexibility index (Phi) is 4.45. The number of nitrogens with two attached hydrogens (primary N) is 1. The molecule has 1 aromatic heterocycles. The predicted octanol–water partition coefficient (Wildman–Crippen LogP) is 3.75. The van der Waals surface area contributed by atoms with Gasteiger partial charge in [-0.1, -0.05) is 13.8 Å². The molecule has 0 aliphatic carbocycles. The van der Waals surface area contributed by atoms with Gasteiger partial charge in [-0.3, -0.25) is 0 Å². The van der Waals surface area contributed by atoms with Crippen molar-refractivity contribution in [2.75, 3.05) is 17.7 Å². The molecule has 0 spiro atoms. The van der Waals surface area contributed by atoms with E-state index in [0.29, 0.717) is 17.4 Å². The van der Waals surface area contributed by atoms with Crippen LogP contribution in [0.4, 0.5) is 17.2 Å². The summed E-state index contributed by atoms with van der Waals surface area (Å²) < 4.78 is 5.65. The number of nitrogen functional groups attached to an aromatic ring is 1. The van der Waals surface area contributed by atoms with Crippen molar-refractivity contribution in [1.82, 2.24) is 4.98 Å². The Balaban J connectivity index is 2.05. The van der Waals surface area contributed by atoms with E-state index in [4.69, 9.17) is 10.5 Å². The van der Waals surface area contributed by atoms with Gasteiger partial charge in [0.15, 0.2) is 5.82 Å². The molecule has 0 atom stereocenters. The highest BCUT2D eigenvalue weighted by Crippen LogP contribution is 2.23. The number of pyridine rings is 1. The Morgan fingerprint density at radius 1 is 1.15 bits per heavy atom. The molecule has 20 heavy (non-hydrogen) atoms. The van der Waals surface area contributed by atoms with E-state index in [1.165, 1.54) is 0 Å². The molecule has 0 bridgehead atoms. The molecule has 0 amide bonds. The van der Waals surface area contributed by atoms with Gasteiger partial charge in [0.25, 0.3) is 0 Å². The Morgan fingerprint density at radius 3 is 2.50 bits per heavy atom. The van der Waals surface area contributed by atoms with Crippen molar-refractivity contribution in [1.29, 1.82) is 0 Å². The van der Waals surface area contributed by atoms with Crippen LogP contribution in [0.25, 0.3) is 0 Å². The molecule has 4 heteroatoms. The van der Waals surface area contributed by atoms with Crippen molar-refractivity contribution in [3.05, 3.63) is 42.1 Å². The van der Waals surface area contributed by atoms with E-state index in [0.717, 1.165) is 23.7 Å². The molecule has 0 radical (unpaired) electrons. The van der Waals surface area contributed by atoms with Gasteiger partial charge in [0, 0.05) is 11.4 Å². The van der Waals surface area contributed by atoms with E-state index in [2.05, 4.69) is 24.1 Å². The third-order valence-corrected chi connectivity index (χ3v) is 2.77. The summed E-state index contributed by atoms with van der Waals surface area (Å²) in [6, 6.07) is 11.5. The Bertz CT molecular complexity index is 564. The van der Waals surface area contributed by atoms with Crippen molar-refractivity contribution >= 4 is 17.2 Å². The van der Waals surface area contributed by atoms with Gasteiger partial charge in [0.05, 0.1) is 12.3 Å². The first-order chi connectivity index (χ1) is 9.54. The summed E-state index contributed by atoms with van der Waals surface area (Å²) in [6.45, 7) is 6.91. The summed E-state index contributed by atoms with van der Waals surface area (Å²) in [5, 5.41) is 3.21. The van der Waals surface area contributed by atoms with Gasteiger partial charge >= 0.3 is 0 Å². The van der Waals surface area contributed by atoms with Crippen LogP contribution in [0.1, 0.15) is 19.5 Å². The molecule has 3 N–H and O–H groups in total. The number of anilines is 3. The van der Waals surface area contributed by atoms with Gasteiger partial charge < -0.3 is 15.8 Å². The summed E-state index contributed by atoms with van der Waals surface area (Å²) >= 11 is 0. The molecule has 1 aromatic carbocycles. The second-order valence-corrected chi connectivity index (χ2v) is 5.24. The summed E-state index contributed by atoms with van der Waals surface area (Å²) in [5.41, 5.74) is 8.40. The van der Waals surface area contributed by atoms with Crippen molar-refractivity contribution < 1.29 is 4.74 Å². The molecular formula is C16H21N3O. The van der Waals surface area contributed by atoms with E-state index < -0.39 is 0 Å².